The zero-order chi connectivity index (χ0) is 27.1. The predicted molar refractivity (Wildman–Crippen MR) is 136 cm³/mol. The van der Waals surface area contributed by atoms with Crippen LogP contribution in [0.1, 0.15) is 56.4 Å². The fraction of sp³-hybridized carbons (Fsp3) is 0.367. The Kier molecular flexibility index (Phi) is 5.13. The van der Waals surface area contributed by atoms with Gasteiger partial charge in [0.2, 0.25) is 5.91 Å². The Labute approximate surface area is 219 Å². The molecule has 0 aliphatic carbocycles. The fourth-order valence-electron chi connectivity index (χ4n) is 6.21. The highest BCUT2D eigenvalue weighted by molar-refractivity contribution is 6.11. The molecular formula is C30H28F3NO4. The van der Waals surface area contributed by atoms with Crippen molar-refractivity contribution in [2.24, 2.45) is 0 Å². The maximum atomic E-state index is 14.5. The second-order valence-corrected chi connectivity index (χ2v) is 11.5. The van der Waals surface area contributed by atoms with Gasteiger partial charge in [0.05, 0.1) is 6.54 Å². The number of fused-ring (bicyclic) bond motifs is 5. The quantitative estimate of drug-likeness (QED) is 0.384. The number of ether oxygens (including phenoxy) is 3. The lowest BCUT2D eigenvalue weighted by atomic mass is 9.66. The molecule has 1 unspecified atom stereocenters. The highest BCUT2D eigenvalue weighted by Gasteiger charge is 2.58. The van der Waals surface area contributed by atoms with E-state index in [1.165, 1.54) is 12.1 Å². The Hall–Kier alpha value is -3.68. The number of anilines is 1. The first-order valence-corrected chi connectivity index (χ1v) is 12.6. The molecule has 3 aromatic carbocycles. The molecule has 0 saturated heterocycles. The van der Waals surface area contributed by atoms with Gasteiger partial charge in [-0.15, -0.1) is 13.2 Å². The van der Waals surface area contributed by atoms with E-state index < -0.39 is 17.4 Å². The van der Waals surface area contributed by atoms with Crippen LogP contribution in [0, 0.1) is 0 Å². The molecule has 3 aromatic rings. The number of hydrogen-bond acceptors (Lipinski definition) is 4. The van der Waals surface area contributed by atoms with E-state index >= 15 is 0 Å². The monoisotopic (exact) mass is 523 g/mol. The van der Waals surface area contributed by atoms with Crippen LogP contribution in [0.15, 0.2) is 60.7 Å². The number of hydrogen-bond donors (Lipinski definition) is 0. The number of benzene rings is 3. The standard InChI is InChI=1S/C30H28F3NO4/c1-27(2)15-19-13-22-25(14-24(19)37-27)38-28(3,4)17-29(22)21-7-5-6-8-23(21)34(26(29)35)16-18-9-11-20(12-10-18)36-30(31,32)33/h5-14H,15-17H2,1-4H3. The molecule has 38 heavy (non-hydrogen) atoms. The minimum absolute atomic E-state index is 0.0786. The zero-order valence-corrected chi connectivity index (χ0v) is 21.6. The molecule has 0 bridgehead atoms. The highest BCUT2D eigenvalue weighted by atomic mass is 19.4. The number of carbonyl (C=O) groups is 1. The van der Waals surface area contributed by atoms with Gasteiger partial charge < -0.3 is 19.1 Å². The van der Waals surface area contributed by atoms with Crippen LogP contribution < -0.4 is 19.1 Å². The molecule has 3 aliphatic rings. The minimum Gasteiger partial charge on any atom is -0.487 e. The van der Waals surface area contributed by atoms with Gasteiger partial charge in [0.15, 0.2) is 0 Å². The van der Waals surface area contributed by atoms with Gasteiger partial charge in [0.25, 0.3) is 0 Å². The number of para-hydroxylation sites is 1. The van der Waals surface area contributed by atoms with Crippen LogP contribution in [0.2, 0.25) is 0 Å². The number of carbonyl (C=O) groups excluding carboxylic acids is 1. The van der Waals surface area contributed by atoms with Crippen molar-refractivity contribution in [3.8, 4) is 17.2 Å². The molecular weight excluding hydrogens is 495 g/mol. The third kappa shape index (κ3) is 3.97. The molecule has 1 spiro atoms. The van der Waals surface area contributed by atoms with Gasteiger partial charge in [-0.3, -0.25) is 4.79 Å². The van der Waals surface area contributed by atoms with E-state index in [0.29, 0.717) is 17.7 Å². The molecule has 8 heteroatoms. The number of rotatable bonds is 3. The SMILES string of the molecule is CC1(C)Cc2cc3c(cc2O1)OC(C)(C)CC31C(=O)N(Cc2ccc(OC(F)(F)F)cc2)c2ccccc21. The maximum absolute atomic E-state index is 14.5. The van der Waals surface area contributed by atoms with Gasteiger partial charge in [-0.05, 0) is 68.7 Å². The zero-order valence-electron chi connectivity index (χ0n) is 21.6. The molecule has 1 amide bonds. The summed E-state index contributed by atoms with van der Waals surface area (Å²) in [6, 6.07) is 17.4. The van der Waals surface area contributed by atoms with Gasteiger partial charge in [-0.1, -0.05) is 30.3 Å². The van der Waals surface area contributed by atoms with E-state index in [0.717, 1.165) is 34.5 Å². The summed E-state index contributed by atoms with van der Waals surface area (Å²) in [4.78, 5) is 16.3. The number of alkyl halides is 3. The molecule has 0 aromatic heterocycles. The van der Waals surface area contributed by atoms with E-state index in [9.17, 15) is 18.0 Å². The maximum Gasteiger partial charge on any atom is 0.573 e. The third-order valence-electron chi connectivity index (χ3n) is 7.46. The number of halogens is 3. The molecule has 198 valence electrons. The van der Waals surface area contributed by atoms with Crippen LogP contribution >= 0.6 is 0 Å². The number of amides is 1. The van der Waals surface area contributed by atoms with Crippen LogP contribution in [-0.2, 0) is 23.2 Å². The van der Waals surface area contributed by atoms with Gasteiger partial charge in [0.1, 0.15) is 33.9 Å². The van der Waals surface area contributed by atoms with Crippen molar-refractivity contribution >= 4 is 11.6 Å². The molecule has 0 radical (unpaired) electrons. The summed E-state index contributed by atoms with van der Waals surface area (Å²) >= 11 is 0. The normalized spacial score (nSPS) is 22.4. The van der Waals surface area contributed by atoms with Gasteiger partial charge in [-0.25, -0.2) is 0 Å². The van der Waals surface area contributed by atoms with Crippen molar-refractivity contribution in [3.63, 3.8) is 0 Å². The van der Waals surface area contributed by atoms with Crippen molar-refractivity contribution < 1.29 is 32.2 Å². The topological polar surface area (TPSA) is 48.0 Å². The summed E-state index contributed by atoms with van der Waals surface area (Å²) in [5.74, 6) is 1.03. The lowest BCUT2D eigenvalue weighted by molar-refractivity contribution is -0.274. The van der Waals surface area contributed by atoms with Crippen molar-refractivity contribution in [1.82, 2.24) is 0 Å². The van der Waals surface area contributed by atoms with Crippen molar-refractivity contribution in [1.29, 1.82) is 0 Å². The van der Waals surface area contributed by atoms with Crippen LogP contribution in [-0.4, -0.2) is 23.5 Å². The van der Waals surface area contributed by atoms with Crippen LogP contribution in [0.4, 0.5) is 18.9 Å². The molecule has 5 nitrogen and oxygen atoms in total. The average Bonchev–Trinajstić information content (AvgIpc) is 3.23. The summed E-state index contributed by atoms with van der Waals surface area (Å²) in [5.41, 5.74) is 2.30. The Balaban J connectivity index is 1.44. The molecule has 0 N–H and O–H groups in total. The molecule has 6 rings (SSSR count). The largest absolute Gasteiger partial charge is 0.573 e. The second-order valence-electron chi connectivity index (χ2n) is 11.5. The molecule has 0 fully saturated rings. The molecule has 1 atom stereocenters. The Morgan fingerprint density at radius 2 is 1.58 bits per heavy atom. The Morgan fingerprint density at radius 1 is 0.895 bits per heavy atom. The lowest BCUT2D eigenvalue weighted by Crippen LogP contribution is -2.50. The summed E-state index contributed by atoms with van der Waals surface area (Å²) < 4.78 is 54.4. The fourth-order valence-corrected chi connectivity index (χ4v) is 6.21. The molecule has 0 saturated carbocycles. The first-order valence-electron chi connectivity index (χ1n) is 12.6. The van der Waals surface area contributed by atoms with Crippen LogP contribution in [0.5, 0.6) is 17.2 Å². The van der Waals surface area contributed by atoms with E-state index in [1.807, 2.05) is 58.0 Å². The van der Waals surface area contributed by atoms with Crippen molar-refractivity contribution in [3.05, 3.63) is 82.9 Å². The Bertz CT molecular complexity index is 1440. The van der Waals surface area contributed by atoms with Crippen molar-refractivity contribution in [2.45, 2.75) is 70.1 Å². The Morgan fingerprint density at radius 3 is 2.29 bits per heavy atom. The van der Waals surface area contributed by atoms with Crippen LogP contribution in [0.25, 0.3) is 0 Å². The van der Waals surface area contributed by atoms with E-state index in [4.69, 9.17) is 9.47 Å². The number of nitrogens with zero attached hydrogens (tertiary/aromatic N) is 1. The van der Waals surface area contributed by atoms with Gasteiger partial charge in [-0.2, -0.15) is 0 Å². The lowest BCUT2D eigenvalue weighted by Gasteiger charge is -2.43. The van der Waals surface area contributed by atoms with Crippen molar-refractivity contribution in [2.75, 3.05) is 4.90 Å². The third-order valence-corrected chi connectivity index (χ3v) is 7.46. The summed E-state index contributed by atoms with van der Waals surface area (Å²) in [6.07, 6.45) is -3.59. The predicted octanol–water partition coefficient (Wildman–Crippen LogP) is 6.69. The van der Waals surface area contributed by atoms with E-state index in [2.05, 4.69) is 10.8 Å². The van der Waals surface area contributed by atoms with E-state index in [1.54, 1.807) is 17.0 Å². The molecule has 3 heterocycles. The summed E-state index contributed by atoms with van der Waals surface area (Å²) in [7, 11) is 0. The smallest absolute Gasteiger partial charge is 0.487 e. The summed E-state index contributed by atoms with van der Waals surface area (Å²) in [5, 5.41) is 0. The first-order chi connectivity index (χ1) is 17.8. The first kappa shape index (κ1) is 24.6. The second kappa shape index (κ2) is 7.91. The summed E-state index contributed by atoms with van der Waals surface area (Å²) in [6.45, 7) is 8.24. The molecule has 3 aliphatic heterocycles. The average molecular weight is 524 g/mol. The van der Waals surface area contributed by atoms with Crippen LogP contribution in [0.3, 0.4) is 0 Å². The van der Waals surface area contributed by atoms with Gasteiger partial charge >= 0.3 is 6.36 Å². The van der Waals surface area contributed by atoms with Gasteiger partial charge in [0, 0.05) is 30.2 Å². The van der Waals surface area contributed by atoms with E-state index in [-0.39, 0.29) is 23.8 Å². The highest BCUT2D eigenvalue weighted by Crippen LogP contribution is 2.57. The minimum atomic E-state index is -4.76.